The number of aromatic nitrogens is 4. The van der Waals surface area contributed by atoms with E-state index in [-0.39, 0.29) is 5.69 Å². The van der Waals surface area contributed by atoms with Gasteiger partial charge < -0.3 is 10.1 Å². The van der Waals surface area contributed by atoms with Crippen LogP contribution in [0.15, 0.2) is 18.3 Å². The van der Waals surface area contributed by atoms with Crippen LogP contribution in [0.25, 0.3) is 11.4 Å². The van der Waals surface area contributed by atoms with Gasteiger partial charge in [-0.05, 0) is 12.1 Å². The minimum absolute atomic E-state index is 0.0463. The number of aryl methyl sites for hydroxylation is 1. The minimum Gasteiger partial charge on any atom is -0.476 e. The maximum Gasteiger partial charge on any atom is 0.358 e. The number of carbonyl (C=O) groups is 1. The molecule has 0 amide bonds. The Bertz CT molecular complexity index is 458. The fourth-order valence-corrected chi connectivity index (χ4v) is 1.28. The second-order valence-corrected chi connectivity index (χ2v) is 2.80. The van der Waals surface area contributed by atoms with Crippen LogP contribution < -0.4 is 0 Å². The molecule has 0 spiro atoms. The highest BCUT2D eigenvalue weighted by molar-refractivity contribution is 5.92. The first-order valence-electron chi connectivity index (χ1n) is 3.97. The molecule has 2 rings (SSSR count). The van der Waals surface area contributed by atoms with Gasteiger partial charge in [-0.25, -0.2) is 9.48 Å². The van der Waals surface area contributed by atoms with Crippen LogP contribution in [0.1, 0.15) is 10.5 Å². The number of carboxylic acids is 1. The van der Waals surface area contributed by atoms with Crippen LogP contribution in [0.3, 0.4) is 0 Å². The van der Waals surface area contributed by atoms with Crippen molar-refractivity contribution in [2.24, 2.45) is 7.05 Å². The van der Waals surface area contributed by atoms with Crippen LogP contribution >= 0.6 is 0 Å². The molecule has 0 aliphatic rings. The molecule has 0 aliphatic heterocycles. The minimum atomic E-state index is -1.08. The molecule has 2 heterocycles. The first-order valence-corrected chi connectivity index (χ1v) is 3.97. The van der Waals surface area contributed by atoms with Crippen molar-refractivity contribution in [1.82, 2.24) is 20.0 Å². The SMILES string of the molecule is Cn1nnc(C(=O)O)c1-c1ccc[nH]1. The van der Waals surface area contributed by atoms with Crippen molar-refractivity contribution in [3.8, 4) is 11.4 Å². The predicted octanol–water partition coefficient (Wildman–Crippen LogP) is 0.508. The number of hydrogen-bond acceptors (Lipinski definition) is 3. The van der Waals surface area contributed by atoms with Crippen molar-refractivity contribution in [3.63, 3.8) is 0 Å². The van der Waals surface area contributed by atoms with E-state index in [1.165, 1.54) is 4.68 Å². The van der Waals surface area contributed by atoms with Crippen LogP contribution in [0.2, 0.25) is 0 Å². The van der Waals surface area contributed by atoms with Crippen molar-refractivity contribution >= 4 is 5.97 Å². The normalized spacial score (nSPS) is 10.4. The smallest absolute Gasteiger partial charge is 0.358 e. The van der Waals surface area contributed by atoms with Crippen molar-refractivity contribution < 1.29 is 9.90 Å². The first-order chi connectivity index (χ1) is 6.70. The lowest BCUT2D eigenvalue weighted by atomic mass is 10.2. The Kier molecular flexibility index (Phi) is 1.81. The molecule has 0 aromatic carbocycles. The zero-order chi connectivity index (χ0) is 10.1. The van der Waals surface area contributed by atoms with Crippen LogP contribution in [0, 0.1) is 0 Å². The fraction of sp³-hybridized carbons (Fsp3) is 0.125. The Morgan fingerprint density at radius 1 is 1.64 bits per heavy atom. The molecule has 6 heteroatoms. The lowest BCUT2D eigenvalue weighted by Gasteiger charge is -1.97. The topological polar surface area (TPSA) is 83.8 Å². The average Bonchev–Trinajstić information content (AvgIpc) is 2.71. The van der Waals surface area contributed by atoms with Crippen LogP contribution in [-0.4, -0.2) is 31.1 Å². The first kappa shape index (κ1) is 8.49. The highest BCUT2D eigenvalue weighted by Crippen LogP contribution is 2.18. The van der Waals surface area contributed by atoms with Crippen LogP contribution in [0.4, 0.5) is 0 Å². The van der Waals surface area contributed by atoms with Crippen LogP contribution in [-0.2, 0) is 7.05 Å². The zero-order valence-electron chi connectivity index (χ0n) is 7.43. The Hall–Kier alpha value is -2.11. The Morgan fingerprint density at radius 3 is 3.00 bits per heavy atom. The molecule has 0 unspecified atom stereocenters. The molecule has 72 valence electrons. The number of nitrogens with one attached hydrogen (secondary N) is 1. The number of nitrogens with zero attached hydrogens (tertiary/aromatic N) is 3. The van der Waals surface area contributed by atoms with Gasteiger partial charge in [-0.1, -0.05) is 5.21 Å². The van der Waals surface area contributed by atoms with Gasteiger partial charge in [-0.3, -0.25) is 0 Å². The molecule has 0 bridgehead atoms. The van der Waals surface area contributed by atoms with Gasteiger partial charge >= 0.3 is 5.97 Å². The molecule has 0 radical (unpaired) electrons. The predicted molar refractivity (Wildman–Crippen MR) is 47.7 cm³/mol. The highest BCUT2D eigenvalue weighted by atomic mass is 16.4. The number of aromatic carboxylic acids is 1. The molecule has 6 nitrogen and oxygen atoms in total. The maximum absolute atomic E-state index is 10.8. The standard InChI is InChI=1S/C8H8N4O2/c1-12-7(5-3-2-4-9-5)6(8(13)14)10-11-12/h2-4,9H,1H3,(H,13,14). The second-order valence-electron chi connectivity index (χ2n) is 2.80. The molecular weight excluding hydrogens is 184 g/mol. The summed E-state index contributed by atoms with van der Waals surface area (Å²) in [5.74, 6) is -1.08. The van der Waals surface area contributed by atoms with Crippen molar-refractivity contribution in [3.05, 3.63) is 24.0 Å². The quantitative estimate of drug-likeness (QED) is 0.726. The molecule has 2 N–H and O–H groups in total. The van der Waals surface area contributed by atoms with E-state index in [1.807, 2.05) is 0 Å². The number of H-pyrrole nitrogens is 1. The summed E-state index contributed by atoms with van der Waals surface area (Å²) in [5, 5.41) is 16.1. The number of aromatic amines is 1. The Labute approximate surface area is 79.2 Å². The van der Waals surface area contributed by atoms with Crippen molar-refractivity contribution in [2.75, 3.05) is 0 Å². The van der Waals surface area contributed by atoms with E-state index < -0.39 is 5.97 Å². The third kappa shape index (κ3) is 1.17. The molecular formula is C8H8N4O2. The molecule has 14 heavy (non-hydrogen) atoms. The van der Waals surface area contributed by atoms with Crippen LogP contribution in [0.5, 0.6) is 0 Å². The van der Waals surface area contributed by atoms with Gasteiger partial charge in [0.2, 0.25) is 0 Å². The molecule has 2 aromatic rings. The van der Waals surface area contributed by atoms with Gasteiger partial charge in [0.05, 0.1) is 5.69 Å². The highest BCUT2D eigenvalue weighted by Gasteiger charge is 2.18. The fourth-order valence-electron chi connectivity index (χ4n) is 1.28. The largest absolute Gasteiger partial charge is 0.476 e. The Morgan fingerprint density at radius 2 is 2.43 bits per heavy atom. The van der Waals surface area contributed by atoms with Gasteiger partial charge in [-0.15, -0.1) is 5.10 Å². The number of hydrogen-bond donors (Lipinski definition) is 2. The monoisotopic (exact) mass is 192 g/mol. The molecule has 0 saturated carbocycles. The summed E-state index contributed by atoms with van der Waals surface area (Å²) in [6.07, 6.45) is 1.72. The van der Waals surface area contributed by atoms with Crippen molar-refractivity contribution in [1.29, 1.82) is 0 Å². The summed E-state index contributed by atoms with van der Waals surface area (Å²) >= 11 is 0. The van der Waals surface area contributed by atoms with Crippen molar-refractivity contribution in [2.45, 2.75) is 0 Å². The number of rotatable bonds is 2. The summed E-state index contributed by atoms with van der Waals surface area (Å²) in [5.41, 5.74) is 1.12. The van der Waals surface area contributed by atoms with E-state index in [4.69, 9.17) is 5.11 Å². The summed E-state index contributed by atoms with van der Waals surface area (Å²) < 4.78 is 1.43. The summed E-state index contributed by atoms with van der Waals surface area (Å²) in [6.45, 7) is 0. The lowest BCUT2D eigenvalue weighted by Crippen LogP contribution is -2.01. The van der Waals surface area contributed by atoms with E-state index in [2.05, 4.69) is 15.3 Å². The molecule has 0 atom stereocenters. The summed E-state index contributed by atoms with van der Waals surface area (Å²) in [7, 11) is 1.65. The van der Waals surface area contributed by atoms with Gasteiger partial charge in [0.15, 0.2) is 5.69 Å². The lowest BCUT2D eigenvalue weighted by molar-refractivity contribution is 0.0691. The van der Waals surface area contributed by atoms with Gasteiger partial charge in [0.25, 0.3) is 0 Å². The maximum atomic E-state index is 10.8. The number of carboxylic acid groups (broad SMARTS) is 1. The van der Waals surface area contributed by atoms with E-state index in [9.17, 15) is 4.79 Å². The Balaban J connectivity index is 2.62. The van der Waals surface area contributed by atoms with E-state index in [1.54, 1.807) is 25.4 Å². The third-order valence-corrected chi connectivity index (χ3v) is 1.88. The third-order valence-electron chi connectivity index (χ3n) is 1.88. The molecule has 2 aromatic heterocycles. The van der Waals surface area contributed by atoms with E-state index in [0.717, 1.165) is 0 Å². The average molecular weight is 192 g/mol. The van der Waals surface area contributed by atoms with Gasteiger partial charge in [0.1, 0.15) is 5.69 Å². The molecule has 0 aliphatic carbocycles. The second kappa shape index (κ2) is 2.99. The summed E-state index contributed by atoms with van der Waals surface area (Å²) in [6, 6.07) is 3.55. The van der Waals surface area contributed by atoms with Gasteiger partial charge in [-0.2, -0.15) is 0 Å². The molecule has 0 saturated heterocycles. The zero-order valence-corrected chi connectivity index (χ0v) is 7.43. The van der Waals surface area contributed by atoms with Gasteiger partial charge in [0, 0.05) is 13.2 Å². The van der Waals surface area contributed by atoms with E-state index >= 15 is 0 Å². The van der Waals surface area contributed by atoms with E-state index in [0.29, 0.717) is 11.4 Å². The molecule has 0 fully saturated rings. The summed E-state index contributed by atoms with van der Waals surface area (Å²) in [4.78, 5) is 13.7.